The summed E-state index contributed by atoms with van der Waals surface area (Å²) in [6, 6.07) is 0. The maximum absolute atomic E-state index is 13.4. The van der Waals surface area contributed by atoms with Crippen LogP contribution in [-0.4, -0.2) is 27.7 Å². The summed E-state index contributed by atoms with van der Waals surface area (Å²) >= 11 is 0. The molecule has 184 valence electrons. The Balaban J connectivity index is 1.52. The van der Waals surface area contributed by atoms with Gasteiger partial charge in [0.15, 0.2) is 5.78 Å². The minimum atomic E-state index is -1.31. The molecule has 0 heterocycles. The summed E-state index contributed by atoms with van der Waals surface area (Å²) in [5, 5.41) is 21.8. The number of fused-ring (bicyclic) bond motifs is 5. The monoisotopic (exact) mass is 446 g/mol. The van der Waals surface area contributed by atoms with Gasteiger partial charge in [-0.05, 0) is 91.8 Å². The first kappa shape index (κ1) is 24.7. The Hall–Kier alpha value is -0.410. The zero-order chi connectivity index (χ0) is 23.5. The molecule has 4 rings (SSSR count). The molecule has 0 saturated heterocycles. The van der Waals surface area contributed by atoms with Crippen molar-refractivity contribution in [3.05, 3.63) is 0 Å². The first-order valence-electron chi connectivity index (χ1n) is 13.9. The van der Waals surface area contributed by atoms with Crippen molar-refractivity contribution in [2.24, 2.45) is 52.3 Å². The molecule has 0 amide bonds. The largest absolute Gasteiger partial charge is 0.393 e. The van der Waals surface area contributed by atoms with Crippen molar-refractivity contribution in [2.75, 3.05) is 0 Å². The average Bonchev–Trinajstić information content (AvgIpc) is 3.08. The van der Waals surface area contributed by atoms with E-state index in [4.69, 9.17) is 0 Å². The Labute approximate surface area is 197 Å². The summed E-state index contributed by atoms with van der Waals surface area (Å²) in [5.74, 6) is 4.65. The van der Waals surface area contributed by atoms with Crippen LogP contribution in [-0.2, 0) is 4.79 Å². The van der Waals surface area contributed by atoms with Crippen LogP contribution in [0.25, 0.3) is 0 Å². The van der Waals surface area contributed by atoms with Crippen molar-refractivity contribution in [3.8, 4) is 0 Å². The smallest absolute Gasteiger partial charge is 0.165 e. The zero-order valence-corrected chi connectivity index (χ0v) is 21.7. The van der Waals surface area contributed by atoms with E-state index in [9.17, 15) is 15.0 Å². The molecule has 0 radical (unpaired) electrons. The summed E-state index contributed by atoms with van der Waals surface area (Å²) in [5.41, 5.74) is -1.32. The molecule has 10 atom stereocenters. The molecule has 0 aromatic rings. The zero-order valence-electron chi connectivity index (χ0n) is 21.7. The number of hydrogen-bond acceptors (Lipinski definition) is 3. The number of hydrogen-bond donors (Lipinski definition) is 2. The summed E-state index contributed by atoms with van der Waals surface area (Å²) in [6.07, 6.45) is 10.7. The molecule has 32 heavy (non-hydrogen) atoms. The van der Waals surface area contributed by atoms with Crippen molar-refractivity contribution in [2.45, 2.75) is 124 Å². The van der Waals surface area contributed by atoms with E-state index < -0.39 is 11.7 Å². The summed E-state index contributed by atoms with van der Waals surface area (Å²) in [4.78, 5) is 13.4. The van der Waals surface area contributed by atoms with E-state index in [-0.39, 0.29) is 17.6 Å². The molecule has 4 fully saturated rings. The quantitative estimate of drug-likeness (QED) is 0.496. The second-order valence-corrected chi connectivity index (χ2v) is 13.4. The van der Waals surface area contributed by atoms with Crippen LogP contribution < -0.4 is 0 Å². The van der Waals surface area contributed by atoms with E-state index in [1.54, 1.807) is 0 Å². The summed E-state index contributed by atoms with van der Waals surface area (Å²) < 4.78 is 0. The molecule has 4 aliphatic rings. The Morgan fingerprint density at radius 2 is 1.72 bits per heavy atom. The summed E-state index contributed by atoms with van der Waals surface area (Å²) in [6.45, 7) is 14.3. The highest BCUT2D eigenvalue weighted by molar-refractivity contribution is 5.89. The van der Waals surface area contributed by atoms with Gasteiger partial charge in [-0.1, -0.05) is 54.4 Å². The van der Waals surface area contributed by atoms with Crippen molar-refractivity contribution < 1.29 is 15.0 Å². The van der Waals surface area contributed by atoms with Crippen LogP contribution in [0, 0.1) is 52.3 Å². The van der Waals surface area contributed by atoms with Gasteiger partial charge in [-0.15, -0.1) is 0 Å². The first-order chi connectivity index (χ1) is 15.0. The fourth-order valence-corrected chi connectivity index (χ4v) is 9.68. The van der Waals surface area contributed by atoms with E-state index in [2.05, 4.69) is 41.5 Å². The SMILES string of the molecule is CC[C@@H](CC[C@@H](C)[C@H]1CC[C@H]2[C@@H]3CC(=O)[C@@]4(O)C[C@@H](O)CC[C@]4(C)[C@H]3CC[C@]12C)C(C)C. The van der Waals surface area contributed by atoms with Gasteiger partial charge in [0.05, 0.1) is 6.10 Å². The van der Waals surface area contributed by atoms with Gasteiger partial charge in [0.25, 0.3) is 0 Å². The third-order valence-electron chi connectivity index (χ3n) is 11.8. The van der Waals surface area contributed by atoms with Crippen LogP contribution in [0.15, 0.2) is 0 Å². The van der Waals surface area contributed by atoms with Crippen molar-refractivity contribution in [1.82, 2.24) is 0 Å². The predicted octanol–water partition coefficient (Wildman–Crippen LogP) is 6.40. The van der Waals surface area contributed by atoms with Gasteiger partial charge in [0, 0.05) is 18.3 Å². The normalized spacial score (nSPS) is 48.2. The number of rotatable bonds is 6. The van der Waals surface area contributed by atoms with Gasteiger partial charge in [-0.25, -0.2) is 0 Å². The molecule has 0 aliphatic heterocycles. The Kier molecular flexibility index (Phi) is 6.69. The maximum atomic E-state index is 13.4. The number of aliphatic hydroxyl groups is 2. The van der Waals surface area contributed by atoms with Gasteiger partial charge in [-0.2, -0.15) is 0 Å². The van der Waals surface area contributed by atoms with Crippen LogP contribution in [0.4, 0.5) is 0 Å². The minimum absolute atomic E-state index is 0.0310. The number of carbonyl (C=O) groups is 1. The maximum Gasteiger partial charge on any atom is 0.165 e. The average molecular weight is 447 g/mol. The van der Waals surface area contributed by atoms with Gasteiger partial charge in [0.2, 0.25) is 0 Å². The third kappa shape index (κ3) is 3.63. The fourth-order valence-electron chi connectivity index (χ4n) is 9.68. The third-order valence-corrected chi connectivity index (χ3v) is 11.8. The van der Waals surface area contributed by atoms with Crippen LogP contribution in [0.3, 0.4) is 0 Å². The number of carbonyl (C=O) groups excluding carboxylic acids is 1. The molecule has 0 aromatic carbocycles. The molecular formula is C29H50O3. The van der Waals surface area contributed by atoms with E-state index in [0.717, 1.165) is 42.9 Å². The van der Waals surface area contributed by atoms with E-state index in [1.807, 2.05) is 0 Å². The van der Waals surface area contributed by atoms with E-state index >= 15 is 0 Å². The number of aliphatic hydroxyl groups excluding tert-OH is 1. The van der Waals surface area contributed by atoms with E-state index in [0.29, 0.717) is 29.6 Å². The highest BCUT2D eigenvalue weighted by Crippen LogP contribution is 2.68. The lowest BCUT2D eigenvalue weighted by Crippen LogP contribution is -2.67. The highest BCUT2D eigenvalue weighted by atomic mass is 16.3. The van der Waals surface area contributed by atoms with Gasteiger partial charge >= 0.3 is 0 Å². The predicted molar refractivity (Wildman–Crippen MR) is 130 cm³/mol. The minimum Gasteiger partial charge on any atom is -0.393 e. The van der Waals surface area contributed by atoms with Gasteiger partial charge in [0.1, 0.15) is 5.60 Å². The molecule has 0 spiro atoms. The summed E-state index contributed by atoms with van der Waals surface area (Å²) in [7, 11) is 0. The molecular weight excluding hydrogens is 396 g/mol. The van der Waals surface area contributed by atoms with Crippen molar-refractivity contribution >= 4 is 5.78 Å². The lowest BCUT2D eigenvalue weighted by molar-refractivity contribution is -0.213. The lowest BCUT2D eigenvalue weighted by Gasteiger charge is -2.63. The number of Topliss-reactive ketones (excluding diaryl/α,β-unsaturated/α-hetero) is 1. The van der Waals surface area contributed by atoms with Gasteiger partial charge in [-0.3, -0.25) is 4.79 Å². The van der Waals surface area contributed by atoms with Crippen LogP contribution >= 0.6 is 0 Å². The van der Waals surface area contributed by atoms with Gasteiger partial charge < -0.3 is 10.2 Å². The van der Waals surface area contributed by atoms with Crippen molar-refractivity contribution in [1.29, 1.82) is 0 Å². The molecule has 0 unspecified atom stereocenters. The van der Waals surface area contributed by atoms with Crippen molar-refractivity contribution in [3.63, 3.8) is 0 Å². The highest BCUT2D eigenvalue weighted by Gasteiger charge is 2.67. The lowest BCUT2D eigenvalue weighted by atomic mass is 9.42. The topological polar surface area (TPSA) is 57.5 Å². The second-order valence-electron chi connectivity index (χ2n) is 13.4. The van der Waals surface area contributed by atoms with Crippen LogP contribution in [0.5, 0.6) is 0 Å². The fraction of sp³-hybridized carbons (Fsp3) is 0.966. The standard InChI is InChI=1S/C29H50O3/c1-7-20(18(2)3)9-8-19(4)23-10-11-24-22-16-26(31)29(32)17-21(30)12-15-28(29,6)25(22)13-14-27(23,24)5/h18-25,30,32H,7-17H2,1-6H3/t19-,20+,21+,22+,23-,24+,25+,27-,28-,29+/m1/s1. The Morgan fingerprint density at radius 1 is 1.00 bits per heavy atom. The molecule has 2 N–H and O–H groups in total. The molecule has 0 aromatic heterocycles. The second kappa shape index (κ2) is 8.67. The molecule has 0 bridgehead atoms. The molecule has 3 nitrogen and oxygen atoms in total. The number of ketones is 1. The van der Waals surface area contributed by atoms with Crippen LogP contribution in [0.1, 0.15) is 112 Å². The van der Waals surface area contributed by atoms with Crippen LogP contribution in [0.2, 0.25) is 0 Å². The Morgan fingerprint density at radius 3 is 2.38 bits per heavy atom. The van der Waals surface area contributed by atoms with E-state index in [1.165, 1.54) is 38.5 Å². The molecule has 3 heteroatoms. The molecule has 4 aliphatic carbocycles. The first-order valence-corrected chi connectivity index (χ1v) is 13.9. The molecule has 4 saturated carbocycles. The Bertz CT molecular complexity index is 703.